The van der Waals surface area contributed by atoms with Gasteiger partial charge in [0.25, 0.3) is 0 Å². The molecular weight excluding hydrogens is 238 g/mol. The van der Waals surface area contributed by atoms with Gasteiger partial charge in [-0.15, -0.1) is 0 Å². The molecule has 0 aliphatic carbocycles. The molecule has 98 valence electrons. The van der Waals surface area contributed by atoms with E-state index in [0.717, 1.165) is 0 Å². The SMILES string of the molecule is COC=C(C=C(C#N)C(=O)OC)CCOC(C)=O. The van der Waals surface area contributed by atoms with Crippen LogP contribution in [-0.4, -0.2) is 32.8 Å². The van der Waals surface area contributed by atoms with Crippen LogP contribution < -0.4 is 0 Å². The second-order valence-corrected chi connectivity index (χ2v) is 3.18. The molecule has 0 aliphatic heterocycles. The number of rotatable bonds is 6. The molecule has 0 saturated heterocycles. The first-order valence-electron chi connectivity index (χ1n) is 5.10. The number of hydrogen-bond donors (Lipinski definition) is 0. The van der Waals surface area contributed by atoms with Crippen molar-refractivity contribution in [1.29, 1.82) is 5.26 Å². The molecule has 0 aliphatic rings. The third kappa shape index (κ3) is 6.33. The van der Waals surface area contributed by atoms with Gasteiger partial charge in [0.2, 0.25) is 0 Å². The van der Waals surface area contributed by atoms with Crippen LogP contribution in [0.3, 0.4) is 0 Å². The molecule has 0 amide bonds. The fraction of sp³-hybridized carbons (Fsp3) is 0.417. The monoisotopic (exact) mass is 253 g/mol. The van der Waals surface area contributed by atoms with Crippen LogP contribution in [0.5, 0.6) is 0 Å². The summed E-state index contributed by atoms with van der Waals surface area (Å²) in [5.41, 5.74) is 0.393. The van der Waals surface area contributed by atoms with Crippen molar-refractivity contribution in [1.82, 2.24) is 0 Å². The van der Waals surface area contributed by atoms with Crippen LogP contribution in [0.2, 0.25) is 0 Å². The Hall–Kier alpha value is -2.29. The zero-order chi connectivity index (χ0) is 14.0. The van der Waals surface area contributed by atoms with E-state index in [9.17, 15) is 9.59 Å². The second kappa shape index (κ2) is 8.82. The molecule has 0 aromatic rings. The Bertz CT molecular complexity index is 403. The van der Waals surface area contributed by atoms with Gasteiger partial charge in [-0.3, -0.25) is 4.79 Å². The summed E-state index contributed by atoms with van der Waals surface area (Å²) in [5, 5.41) is 8.79. The molecular formula is C12H15NO5. The van der Waals surface area contributed by atoms with E-state index in [4.69, 9.17) is 14.7 Å². The third-order valence-electron chi connectivity index (χ3n) is 1.82. The number of carbonyl (C=O) groups excluding carboxylic acids is 2. The van der Waals surface area contributed by atoms with E-state index in [-0.39, 0.29) is 12.2 Å². The molecule has 0 fully saturated rings. The number of nitrogens with zero attached hydrogens (tertiary/aromatic N) is 1. The van der Waals surface area contributed by atoms with Gasteiger partial charge in [-0.25, -0.2) is 4.79 Å². The van der Waals surface area contributed by atoms with E-state index in [2.05, 4.69) is 4.74 Å². The maximum absolute atomic E-state index is 11.2. The molecule has 0 aromatic carbocycles. The average Bonchev–Trinajstić information content (AvgIpc) is 2.34. The summed E-state index contributed by atoms with van der Waals surface area (Å²) in [4.78, 5) is 21.8. The summed E-state index contributed by atoms with van der Waals surface area (Å²) in [6, 6.07) is 1.72. The van der Waals surface area contributed by atoms with Crippen LogP contribution in [0.25, 0.3) is 0 Å². The molecule has 0 heterocycles. The first-order valence-corrected chi connectivity index (χ1v) is 5.10. The minimum Gasteiger partial charge on any atom is -0.504 e. The summed E-state index contributed by atoms with van der Waals surface area (Å²) >= 11 is 0. The van der Waals surface area contributed by atoms with Crippen LogP contribution in [0, 0.1) is 11.3 Å². The predicted molar refractivity (Wildman–Crippen MR) is 62.1 cm³/mol. The minimum absolute atomic E-state index is 0.140. The van der Waals surface area contributed by atoms with Gasteiger partial charge in [-0.1, -0.05) is 0 Å². The number of ether oxygens (including phenoxy) is 3. The lowest BCUT2D eigenvalue weighted by atomic mass is 10.1. The standard InChI is InChI=1S/C12H15NO5/c1-9(14)18-5-4-10(8-16-2)6-11(7-13)12(15)17-3/h6,8H,4-5H2,1-3H3. The highest BCUT2D eigenvalue weighted by molar-refractivity contribution is 5.93. The molecule has 0 rings (SSSR count). The zero-order valence-corrected chi connectivity index (χ0v) is 10.6. The van der Waals surface area contributed by atoms with E-state index < -0.39 is 11.9 Å². The van der Waals surface area contributed by atoms with Gasteiger partial charge in [0.15, 0.2) is 0 Å². The molecule has 0 bridgehead atoms. The van der Waals surface area contributed by atoms with Gasteiger partial charge < -0.3 is 14.2 Å². The van der Waals surface area contributed by atoms with Crippen LogP contribution in [0.1, 0.15) is 13.3 Å². The fourth-order valence-electron chi connectivity index (χ4n) is 1.06. The molecule has 0 saturated carbocycles. The topological polar surface area (TPSA) is 85.6 Å². The summed E-state index contributed by atoms with van der Waals surface area (Å²) < 4.78 is 14.0. The van der Waals surface area contributed by atoms with E-state index in [1.54, 1.807) is 6.07 Å². The average molecular weight is 253 g/mol. The Morgan fingerprint density at radius 3 is 2.44 bits per heavy atom. The van der Waals surface area contributed by atoms with Crippen LogP contribution in [0.15, 0.2) is 23.5 Å². The van der Waals surface area contributed by atoms with Gasteiger partial charge in [0.05, 0.1) is 27.1 Å². The highest BCUT2D eigenvalue weighted by Crippen LogP contribution is 2.09. The molecule has 0 aromatic heterocycles. The zero-order valence-electron chi connectivity index (χ0n) is 10.6. The number of carbonyl (C=O) groups is 2. The molecule has 6 nitrogen and oxygen atoms in total. The lowest BCUT2D eigenvalue weighted by molar-refractivity contribution is -0.141. The van der Waals surface area contributed by atoms with Crippen molar-refractivity contribution in [2.45, 2.75) is 13.3 Å². The maximum atomic E-state index is 11.2. The Morgan fingerprint density at radius 1 is 1.33 bits per heavy atom. The highest BCUT2D eigenvalue weighted by atomic mass is 16.5. The Morgan fingerprint density at radius 2 is 2.00 bits per heavy atom. The normalized spacial score (nSPS) is 11.4. The van der Waals surface area contributed by atoms with Crippen molar-refractivity contribution in [3.63, 3.8) is 0 Å². The van der Waals surface area contributed by atoms with Gasteiger partial charge in [0, 0.05) is 13.3 Å². The van der Waals surface area contributed by atoms with Crippen LogP contribution in [-0.2, 0) is 23.8 Å². The molecule has 0 N–H and O–H groups in total. The highest BCUT2D eigenvalue weighted by Gasteiger charge is 2.09. The Balaban J connectivity index is 4.75. The Kier molecular flexibility index (Phi) is 7.69. The van der Waals surface area contributed by atoms with Gasteiger partial charge in [-0.05, 0) is 11.6 Å². The third-order valence-corrected chi connectivity index (χ3v) is 1.82. The first kappa shape index (κ1) is 15.7. The first-order chi connectivity index (χ1) is 8.54. The summed E-state index contributed by atoms with van der Waals surface area (Å²) in [6.45, 7) is 1.44. The maximum Gasteiger partial charge on any atom is 0.348 e. The number of esters is 2. The van der Waals surface area contributed by atoms with Crippen molar-refractivity contribution in [2.75, 3.05) is 20.8 Å². The van der Waals surface area contributed by atoms with E-state index in [1.165, 1.54) is 33.5 Å². The molecule has 0 radical (unpaired) electrons. The second-order valence-electron chi connectivity index (χ2n) is 3.18. The quantitative estimate of drug-likeness (QED) is 0.231. The summed E-state index contributed by atoms with van der Waals surface area (Å²) in [5.74, 6) is -1.13. The minimum atomic E-state index is -0.730. The molecule has 18 heavy (non-hydrogen) atoms. The van der Waals surface area contributed by atoms with E-state index in [1.807, 2.05) is 0 Å². The van der Waals surface area contributed by atoms with Gasteiger partial charge >= 0.3 is 11.9 Å². The van der Waals surface area contributed by atoms with Gasteiger partial charge in [-0.2, -0.15) is 5.26 Å². The largest absolute Gasteiger partial charge is 0.504 e. The van der Waals surface area contributed by atoms with E-state index in [0.29, 0.717) is 12.0 Å². The number of allylic oxidation sites excluding steroid dienone is 1. The summed E-state index contributed by atoms with van der Waals surface area (Å²) in [7, 11) is 2.62. The van der Waals surface area contributed by atoms with Crippen molar-refractivity contribution in [3.05, 3.63) is 23.5 Å². The lowest BCUT2D eigenvalue weighted by Crippen LogP contribution is -2.05. The number of nitriles is 1. The van der Waals surface area contributed by atoms with Crippen molar-refractivity contribution in [2.24, 2.45) is 0 Å². The van der Waals surface area contributed by atoms with Crippen molar-refractivity contribution < 1.29 is 23.8 Å². The van der Waals surface area contributed by atoms with Crippen molar-refractivity contribution >= 4 is 11.9 Å². The lowest BCUT2D eigenvalue weighted by Gasteiger charge is -2.04. The van der Waals surface area contributed by atoms with E-state index >= 15 is 0 Å². The number of methoxy groups -OCH3 is 2. The smallest absolute Gasteiger partial charge is 0.348 e. The van der Waals surface area contributed by atoms with Crippen LogP contribution in [0.4, 0.5) is 0 Å². The molecule has 0 unspecified atom stereocenters. The summed E-state index contributed by atoms with van der Waals surface area (Å²) in [6.07, 6.45) is 3.03. The van der Waals surface area contributed by atoms with Crippen molar-refractivity contribution in [3.8, 4) is 6.07 Å². The Labute approximate surface area is 105 Å². The fourth-order valence-corrected chi connectivity index (χ4v) is 1.06. The number of hydrogen-bond acceptors (Lipinski definition) is 6. The molecule has 6 heteroatoms. The van der Waals surface area contributed by atoms with Crippen LogP contribution >= 0.6 is 0 Å². The predicted octanol–water partition coefficient (Wildman–Crippen LogP) is 1.09. The molecule has 0 spiro atoms. The molecule has 0 atom stereocenters. The van der Waals surface area contributed by atoms with Gasteiger partial charge in [0.1, 0.15) is 11.6 Å².